The molecule has 0 aliphatic rings. The molecular weight excluding hydrogens is 336 g/mol. The van der Waals surface area contributed by atoms with Gasteiger partial charge in [-0.05, 0) is 32.8 Å². The molecule has 2 amide bonds. The van der Waals surface area contributed by atoms with Crippen molar-refractivity contribution in [1.29, 1.82) is 0 Å². The van der Waals surface area contributed by atoms with E-state index in [2.05, 4.69) is 18.5 Å². The molecule has 0 saturated heterocycles. The fourth-order valence-electron chi connectivity index (χ4n) is 2.16. The summed E-state index contributed by atoms with van der Waals surface area (Å²) in [5, 5.41) is 2.53. The van der Waals surface area contributed by atoms with Crippen molar-refractivity contribution in [1.82, 2.24) is 10.2 Å². The Morgan fingerprint density at radius 3 is 2.38 bits per heavy atom. The van der Waals surface area contributed by atoms with E-state index in [9.17, 15) is 14.4 Å². The summed E-state index contributed by atoms with van der Waals surface area (Å²) >= 11 is 0. The molecule has 0 rings (SSSR count). The second-order valence-corrected chi connectivity index (χ2v) is 6.52. The minimum atomic E-state index is -0.879. The van der Waals surface area contributed by atoms with Gasteiger partial charge in [-0.2, -0.15) is 0 Å². The molecule has 0 fully saturated rings. The van der Waals surface area contributed by atoms with Crippen LogP contribution in [0.3, 0.4) is 0 Å². The molecule has 0 aliphatic carbocycles. The zero-order valence-electron chi connectivity index (χ0n) is 16.1. The van der Waals surface area contributed by atoms with Gasteiger partial charge in [0.25, 0.3) is 0 Å². The summed E-state index contributed by atoms with van der Waals surface area (Å²) in [4.78, 5) is 36.7. The molecule has 0 aromatic carbocycles. The van der Waals surface area contributed by atoms with Crippen LogP contribution in [-0.2, 0) is 19.1 Å². The third kappa shape index (κ3) is 9.05. The zero-order chi connectivity index (χ0) is 20.2. The lowest BCUT2D eigenvalue weighted by Crippen LogP contribution is -2.48. The van der Waals surface area contributed by atoms with E-state index in [-0.39, 0.29) is 13.0 Å². The number of methoxy groups -OCH3 is 1. The topological polar surface area (TPSA) is 84.9 Å². The number of amides is 2. The summed E-state index contributed by atoms with van der Waals surface area (Å²) in [5.74, 6) is -0.559. The van der Waals surface area contributed by atoms with Gasteiger partial charge in [-0.3, -0.25) is 9.69 Å². The van der Waals surface area contributed by atoms with Crippen LogP contribution >= 0.6 is 0 Å². The Bertz CT molecular complexity index is 535. The van der Waals surface area contributed by atoms with Crippen molar-refractivity contribution in [2.45, 2.75) is 45.3 Å². The van der Waals surface area contributed by atoms with Crippen molar-refractivity contribution in [2.24, 2.45) is 0 Å². The Hall–Kier alpha value is -2.57. The van der Waals surface area contributed by atoms with Crippen molar-refractivity contribution < 1.29 is 23.9 Å². The van der Waals surface area contributed by atoms with Crippen molar-refractivity contribution in [3.8, 4) is 0 Å². The number of hydrogen-bond donors (Lipinski definition) is 1. The number of nitrogens with zero attached hydrogens (tertiary/aromatic N) is 1. The standard InChI is InChI=1S/C19H30N2O5/c1-7-10-15(8-2)13-16(17(23)25-6)21(12-9-11-20-14-22)18(24)26-19(3,4)5/h7-8,10,14,16H,1-2,9,11-13H2,3-6H3,(H,20,22)/b15-10+. The van der Waals surface area contributed by atoms with Crippen molar-refractivity contribution in [3.05, 3.63) is 37.0 Å². The van der Waals surface area contributed by atoms with Crippen LogP contribution in [0.15, 0.2) is 37.0 Å². The van der Waals surface area contributed by atoms with Gasteiger partial charge in [-0.1, -0.05) is 31.4 Å². The Morgan fingerprint density at radius 2 is 1.92 bits per heavy atom. The van der Waals surface area contributed by atoms with Crippen LogP contribution in [0.1, 0.15) is 33.6 Å². The fourth-order valence-corrected chi connectivity index (χ4v) is 2.16. The van der Waals surface area contributed by atoms with Gasteiger partial charge in [-0.15, -0.1) is 0 Å². The highest BCUT2D eigenvalue weighted by Crippen LogP contribution is 2.19. The Balaban J connectivity index is 5.59. The normalized spacial score (nSPS) is 12.5. The average molecular weight is 366 g/mol. The second kappa shape index (κ2) is 11.9. The Labute approximate surface area is 155 Å². The summed E-state index contributed by atoms with van der Waals surface area (Å²) in [7, 11) is 1.27. The molecule has 1 N–H and O–H groups in total. The maximum atomic E-state index is 12.7. The van der Waals surface area contributed by atoms with Crippen LogP contribution in [0, 0.1) is 0 Å². The molecule has 0 aromatic rings. The van der Waals surface area contributed by atoms with Gasteiger partial charge in [0.1, 0.15) is 11.6 Å². The molecule has 7 nitrogen and oxygen atoms in total. The number of nitrogens with one attached hydrogen (secondary N) is 1. The smallest absolute Gasteiger partial charge is 0.411 e. The lowest BCUT2D eigenvalue weighted by atomic mass is 10.0. The van der Waals surface area contributed by atoms with E-state index < -0.39 is 23.7 Å². The summed E-state index contributed by atoms with van der Waals surface area (Å²) in [5.41, 5.74) is 0.0184. The van der Waals surface area contributed by atoms with E-state index in [1.165, 1.54) is 12.0 Å². The van der Waals surface area contributed by atoms with Gasteiger partial charge in [0.05, 0.1) is 7.11 Å². The number of carbonyl (C=O) groups is 3. The summed E-state index contributed by atoms with van der Waals surface area (Å²) in [6, 6.07) is -0.879. The predicted molar refractivity (Wildman–Crippen MR) is 101 cm³/mol. The highest BCUT2D eigenvalue weighted by molar-refractivity contribution is 5.82. The third-order valence-electron chi connectivity index (χ3n) is 3.30. The summed E-state index contributed by atoms with van der Waals surface area (Å²) in [6.45, 7) is 13.2. The first-order valence-electron chi connectivity index (χ1n) is 8.38. The van der Waals surface area contributed by atoms with Crippen LogP contribution in [-0.4, -0.2) is 55.2 Å². The van der Waals surface area contributed by atoms with Crippen LogP contribution < -0.4 is 5.32 Å². The van der Waals surface area contributed by atoms with E-state index in [4.69, 9.17) is 9.47 Å². The van der Waals surface area contributed by atoms with Crippen LogP contribution in [0.25, 0.3) is 0 Å². The molecule has 7 heteroatoms. The molecule has 0 aliphatic heterocycles. The van der Waals surface area contributed by atoms with E-state index >= 15 is 0 Å². The SMILES string of the molecule is C=C/C=C(\C=C)CC(C(=O)OC)N(CCCNC=O)C(=O)OC(C)(C)C. The van der Waals surface area contributed by atoms with Gasteiger partial charge in [-0.25, -0.2) is 9.59 Å². The lowest BCUT2D eigenvalue weighted by Gasteiger charge is -2.32. The number of rotatable bonds is 11. The van der Waals surface area contributed by atoms with Crippen LogP contribution in [0.4, 0.5) is 4.79 Å². The minimum Gasteiger partial charge on any atom is -0.467 e. The average Bonchev–Trinajstić information content (AvgIpc) is 2.57. The summed E-state index contributed by atoms with van der Waals surface area (Å²) in [6.07, 6.45) is 5.52. The maximum absolute atomic E-state index is 12.7. The van der Waals surface area contributed by atoms with E-state index in [1.807, 2.05) is 0 Å². The van der Waals surface area contributed by atoms with Crippen molar-refractivity contribution in [3.63, 3.8) is 0 Å². The Kier molecular flexibility index (Phi) is 10.7. The summed E-state index contributed by atoms with van der Waals surface area (Å²) < 4.78 is 10.3. The number of hydrogen-bond acceptors (Lipinski definition) is 5. The number of ether oxygens (including phenoxy) is 2. The van der Waals surface area contributed by atoms with Gasteiger partial charge >= 0.3 is 12.1 Å². The first kappa shape index (κ1) is 23.4. The predicted octanol–water partition coefficient (Wildman–Crippen LogP) is 2.59. The molecule has 0 spiro atoms. The molecule has 26 heavy (non-hydrogen) atoms. The quantitative estimate of drug-likeness (QED) is 0.263. The molecule has 0 saturated carbocycles. The zero-order valence-corrected chi connectivity index (χ0v) is 16.1. The monoisotopic (exact) mass is 366 g/mol. The van der Waals surface area contributed by atoms with Gasteiger partial charge in [0, 0.05) is 19.5 Å². The second-order valence-electron chi connectivity index (χ2n) is 6.52. The van der Waals surface area contributed by atoms with Crippen LogP contribution in [0.5, 0.6) is 0 Å². The lowest BCUT2D eigenvalue weighted by molar-refractivity contribution is -0.146. The highest BCUT2D eigenvalue weighted by atomic mass is 16.6. The fraction of sp³-hybridized carbons (Fsp3) is 0.526. The largest absolute Gasteiger partial charge is 0.467 e. The molecule has 0 radical (unpaired) electrons. The van der Waals surface area contributed by atoms with E-state index in [1.54, 1.807) is 39.0 Å². The maximum Gasteiger partial charge on any atom is 0.411 e. The molecule has 1 atom stereocenters. The Morgan fingerprint density at radius 1 is 1.27 bits per heavy atom. The molecule has 146 valence electrons. The van der Waals surface area contributed by atoms with Crippen molar-refractivity contribution in [2.75, 3.05) is 20.2 Å². The molecular formula is C19H30N2O5. The van der Waals surface area contributed by atoms with Gasteiger partial charge < -0.3 is 14.8 Å². The van der Waals surface area contributed by atoms with Crippen LogP contribution in [0.2, 0.25) is 0 Å². The third-order valence-corrected chi connectivity index (χ3v) is 3.30. The molecule has 0 aromatic heterocycles. The van der Waals surface area contributed by atoms with E-state index in [0.717, 1.165) is 5.57 Å². The van der Waals surface area contributed by atoms with Gasteiger partial charge in [0.15, 0.2) is 0 Å². The van der Waals surface area contributed by atoms with Crippen molar-refractivity contribution >= 4 is 18.5 Å². The molecule has 1 unspecified atom stereocenters. The first-order valence-corrected chi connectivity index (χ1v) is 8.38. The van der Waals surface area contributed by atoms with Gasteiger partial charge in [0.2, 0.25) is 6.41 Å². The first-order chi connectivity index (χ1) is 12.2. The highest BCUT2D eigenvalue weighted by Gasteiger charge is 2.33. The number of allylic oxidation sites excluding steroid dienone is 3. The minimum absolute atomic E-state index is 0.211. The number of carbonyl (C=O) groups excluding carboxylic acids is 3. The number of esters is 1. The molecule has 0 bridgehead atoms. The van der Waals surface area contributed by atoms with E-state index in [0.29, 0.717) is 19.4 Å². The molecule has 0 heterocycles.